The first-order valence-electron chi connectivity index (χ1n) is 7.67. The summed E-state index contributed by atoms with van der Waals surface area (Å²) in [5.74, 6) is -5.38. The molecule has 0 aliphatic rings. The third-order valence-corrected chi connectivity index (χ3v) is 4.31. The van der Waals surface area contributed by atoms with Gasteiger partial charge in [-0.25, -0.2) is 18.2 Å². The van der Waals surface area contributed by atoms with E-state index in [1.165, 1.54) is 6.07 Å². The van der Waals surface area contributed by atoms with Crippen LogP contribution in [-0.4, -0.2) is 21.6 Å². The van der Waals surface area contributed by atoms with Crippen LogP contribution in [0.5, 0.6) is 0 Å². The predicted octanol–water partition coefficient (Wildman–Crippen LogP) is 3.59. The van der Waals surface area contributed by atoms with Gasteiger partial charge in [-0.05, 0) is 12.1 Å². The van der Waals surface area contributed by atoms with Crippen molar-refractivity contribution in [3.05, 3.63) is 76.3 Å². The van der Waals surface area contributed by atoms with Gasteiger partial charge in [-0.2, -0.15) is 0 Å². The summed E-state index contributed by atoms with van der Waals surface area (Å²) in [5.41, 5.74) is 0.310. The van der Waals surface area contributed by atoms with Gasteiger partial charge in [0.25, 0.3) is 5.56 Å². The molecule has 9 heteroatoms. The van der Waals surface area contributed by atoms with E-state index in [2.05, 4.69) is 15.3 Å². The molecule has 3 rings (SSSR count). The molecule has 0 unspecified atom stereocenters. The lowest BCUT2D eigenvalue weighted by Crippen LogP contribution is -2.17. The third-order valence-electron chi connectivity index (χ3n) is 3.44. The lowest BCUT2D eigenvalue weighted by atomic mass is 10.1. The number of aromatic amines is 1. The van der Waals surface area contributed by atoms with Crippen LogP contribution in [-0.2, 0) is 4.79 Å². The molecular formula is C18H12F3N3O2S. The van der Waals surface area contributed by atoms with Crippen molar-refractivity contribution in [1.29, 1.82) is 0 Å². The first kappa shape index (κ1) is 18.7. The van der Waals surface area contributed by atoms with E-state index in [-0.39, 0.29) is 10.9 Å². The van der Waals surface area contributed by atoms with Crippen LogP contribution >= 0.6 is 11.8 Å². The molecule has 27 heavy (non-hydrogen) atoms. The number of amides is 1. The number of rotatable bonds is 5. The molecule has 2 N–H and O–H groups in total. The first-order valence-corrected chi connectivity index (χ1v) is 8.65. The van der Waals surface area contributed by atoms with Crippen LogP contribution < -0.4 is 10.9 Å². The van der Waals surface area contributed by atoms with E-state index >= 15 is 0 Å². The summed E-state index contributed by atoms with van der Waals surface area (Å²) < 4.78 is 39.7. The molecule has 0 radical (unpaired) electrons. The Balaban J connectivity index is 1.70. The topological polar surface area (TPSA) is 74.8 Å². The maximum atomic E-state index is 13.6. The Morgan fingerprint density at radius 1 is 1.07 bits per heavy atom. The van der Waals surface area contributed by atoms with Crippen LogP contribution in [0.2, 0.25) is 0 Å². The Kier molecular flexibility index (Phi) is 5.60. The van der Waals surface area contributed by atoms with Crippen LogP contribution in [0.3, 0.4) is 0 Å². The van der Waals surface area contributed by atoms with Gasteiger partial charge in [0, 0.05) is 11.6 Å². The van der Waals surface area contributed by atoms with E-state index in [0.717, 1.165) is 23.4 Å². The predicted molar refractivity (Wildman–Crippen MR) is 96.0 cm³/mol. The smallest absolute Gasteiger partial charge is 0.252 e. The fraction of sp³-hybridized carbons (Fsp3) is 0.0556. The van der Waals surface area contributed by atoms with Crippen LogP contribution in [0.25, 0.3) is 11.3 Å². The molecule has 1 heterocycles. The van der Waals surface area contributed by atoms with Crippen molar-refractivity contribution >= 4 is 23.4 Å². The second-order valence-corrected chi connectivity index (χ2v) is 6.33. The zero-order chi connectivity index (χ0) is 19.4. The number of benzene rings is 2. The number of aromatic nitrogens is 2. The maximum Gasteiger partial charge on any atom is 0.252 e. The standard InChI is InChI=1S/C18H12F3N3O2S/c19-11-6-7-12(17(21)16(11)20)22-15(26)9-27-18-23-13(8-14(25)24-18)10-4-2-1-3-5-10/h1-8H,9H2,(H,22,26)(H,23,24,25). The van der Waals surface area contributed by atoms with Gasteiger partial charge < -0.3 is 10.3 Å². The monoisotopic (exact) mass is 391 g/mol. The van der Waals surface area contributed by atoms with Gasteiger partial charge in [0.15, 0.2) is 22.6 Å². The van der Waals surface area contributed by atoms with Crippen molar-refractivity contribution < 1.29 is 18.0 Å². The van der Waals surface area contributed by atoms with E-state index < -0.39 is 34.6 Å². The summed E-state index contributed by atoms with van der Waals surface area (Å²) in [4.78, 5) is 30.5. The Bertz CT molecular complexity index is 1040. The first-order chi connectivity index (χ1) is 12.9. The number of hydrogen-bond donors (Lipinski definition) is 2. The van der Waals surface area contributed by atoms with Gasteiger partial charge in [-0.15, -0.1) is 0 Å². The number of nitrogens with zero attached hydrogens (tertiary/aromatic N) is 1. The highest BCUT2D eigenvalue weighted by Crippen LogP contribution is 2.21. The quantitative estimate of drug-likeness (QED) is 0.396. The number of H-pyrrole nitrogens is 1. The van der Waals surface area contributed by atoms with Crippen molar-refractivity contribution in [2.75, 3.05) is 11.1 Å². The second kappa shape index (κ2) is 8.09. The number of carbonyl (C=O) groups excluding carboxylic acids is 1. The number of carbonyl (C=O) groups is 1. The summed E-state index contributed by atoms with van der Waals surface area (Å²) in [7, 11) is 0. The Morgan fingerprint density at radius 2 is 1.81 bits per heavy atom. The summed E-state index contributed by atoms with van der Waals surface area (Å²) in [6.45, 7) is 0. The largest absolute Gasteiger partial charge is 0.323 e. The molecule has 0 saturated carbocycles. The van der Waals surface area contributed by atoms with E-state index in [1.807, 2.05) is 6.07 Å². The number of hydrogen-bond acceptors (Lipinski definition) is 4. The van der Waals surface area contributed by atoms with E-state index in [0.29, 0.717) is 11.8 Å². The zero-order valence-corrected chi connectivity index (χ0v) is 14.4. The molecule has 0 aliphatic carbocycles. The molecule has 2 aromatic carbocycles. The highest BCUT2D eigenvalue weighted by atomic mass is 32.2. The van der Waals surface area contributed by atoms with E-state index in [1.54, 1.807) is 24.3 Å². The number of thioether (sulfide) groups is 1. The fourth-order valence-electron chi connectivity index (χ4n) is 2.20. The maximum absolute atomic E-state index is 13.6. The van der Waals surface area contributed by atoms with Crippen LogP contribution in [0.1, 0.15) is 0 Å². The average molecular weight is 391 g/mol. The Morgan fingerprint density at radius 3 is 2.56 bits per heavy atom. The average Bonchev–Trinajstić information content (AvgIpc) is 2.67. The molecule has 0 saturated heterocycles. The SMILES string of the molecule is O=C(CSc1nc(-c2ccccc2)cc(=O)[nH]1)Nc1ccc(F)c(F)c1F. The third kappa shape index (κ3) is 4.56. The Labute approximate surface area is 155 Å². The number of nitrogens with one attached hydrogen (secondary N) is 2. The summed E-state index contributed by atoms with van der Waals surface area (Å²) in [5, 5.41) is 2.34. The highest BCUT2D eigenvalue weighted by molar-refractivity contribution is 7.99. The molecule has 1 amide bonds. The van der Waals surface area contributed by atoms with Crippen molar-refractivity contribution in [3.8, 4) is 11.3 Å². The van der Waals surface area contributed by atoms with Crippen molar-refractivity contribution in [1.82, 2.24) is 9.97 Å². The van der Waals surface area contributed by atoms with Gasteiger partial charge in [-0.3, -0.25) is 9.59 Å². The van der Waals surface area contributed by atoms with Gasteiger partial charge in [-0.1, -0.05) is 42.1 Å². The second-order valence-electron chi connectivity index (χ2n) is 5.36. The summed E-state index contributed by atoms with van der Waals surface area (Å²) in [6.07, 6.45) is 0. The van der Waals surface area contributed by atoms with Gasteiger partial charge in [0.1, 0.15) is 0 Å². The minimum atomic E-state index is -1.66. The number of anilines is 1. The van der Waals surface area contributed by atoms with Gasteiger partial charge >= 0.3 is 0 Å². The van der Waals surface area contributed by atoms with Gasteiger partial charge in [0.2, 0.25) is 5.91 Å². The van der Waals surface area contributed by atoms with Crippen molar-refractivity contribution in [2.45, 2.75) is 5.16 Å². The molecule has 0 atom stereocenters. The summed E-state index contributed by atoms with van der Waals surface area (Å²) in [6, 6.07) is 12.0. The number of halogens is 3. The normalized spacial score (nSPS) is 10.6. The molecule has 138 valence electrons. The molecule has 0 fully saturated rings. The molecule has 0 aliphatic heterocycles. The Hall–Kier alpha value is -3.07. The fourth-order valence-corrected chi connectivity index (χ4v) is 2.88. The van der Waals surface area contributed by atoms with Crippen molar-refractivity contribution in [3.63, 3.8) is 0 Å². The molecular weight excluding hydrogens is 379 g/mol. The minimum Gasteiger partial charge on any atom is -0.323 e. The van der Waals surface area contributed by atoms with E-state index in [4.69, 9.17) is 0 Å². The van der Waals surface area contributed by atoms with Crippen molar-refractivity contribution in [2.24, 2.45) is 0 Å². The van der Waals surface area contributed by atoms with Crippen LogP contribution in [0.15, 0.2) is 58.5 Å². The zero-order valence-electron chi connectivity index (χ0n) is 13.6. The van der Waals surface area contributed by atoms with E-state index in [9.17, 15) is 22.8 Å². The lowest BCUT2D eigenvalue weighted by Gasteiger charge is -2.07. The van der Waals surface area contributed by atoms with Crippen LogP contribution in [0, 0.1) is 17.5 Å². The minimum absolute atomic E-state index is 0.197. The molecule has 0 spiro atoms. The van der Waals surface area contributed by atoms with Crippen LogP contribution in [0.4, 0.5) is 18.9 Å². The van der Waals surface area contributed by atoms with Gasteiger partial charge in [0.05, 0.1) is 17.1 Å². The molecule has 5 nitrogen and oxygen atoms in total. The molecule has 3 aromatic rings. The summed E-state index contributed by atoms with van der Waals surface area (Å²) >= 11 is 0.915. The highest BCUT2D eigenvalue weighted by Gasteiger charge is 2.15. The lowest BCUT2D eigenvalue weighted by molar-refractivity contribution is -0.113. The molecule has 1 aromatic heterocycles. The molecule has 0 bridgehead atoms.